The highest BCUT2D eigenvalue weighted by atomic mass is 32.2. The molecule has 4 N–H and O–H groups in total. The third-order valence-electron chi connectivity index (χ3n) is 2.81. The van der Waals surface area contributed by atoms with Crippen LogP contribution >= 0.6 is 0 Å². The highest BCUT2D eigenvalue weighted by Gasteiger charge is 2.28. The number of nitrogens with two attached hydrogens (primary N) is 1. The lowest BCUT2D eigenvalue weighted by Crippen LogP contribution is -2.22. The first-order valence-electron chi connectivity index (χ1n) is 6.19. The van der Waals surface area contributed by atoms with Gasteiger partial charge in [0.05, 0.1) is 11.4 Å². The van der Waals surface area contributed by atoms with Crippen LogP contribution in [0.1, 0.15) is 12.8 Å². The minimum Gasteiger partial charge on any atom is -0.483 e. The Balaban J connectivity index is 2.06. The van der Waals surface area contributed by atoms with Crippen molar-refractivity contribution in [2.24, 2.45) is 16.8 Å². The number of para-hydroxylation sites is 2. The van der Waals surface area contributed by atoms with Gasteiger partial charge in [0, 0.05) is 0 Å². The lowest BCUT2D eigenvalue weighted by Gasteiger charge is -2.13. The van der Waals surface area contributed by atoms with Gasteiger partial charge < -0.3 is 15.7 Å². The van der Waals surface area contributed by atoms with E-state index >= 15 is 0 Å². The maximum Gasteiger partial charge on any atom is 0.233 e. The number of benzene rings is 1. The molecule has 1 aromatic rings. The van der Waals surface area contributed by atoms with Crippen molar-refractivity contribution in [1.29, 1.82) is 0 Å². The minimum absolute atomic E-state index is 0.0966. The molecule has 1 aromatic carbocycles. The second-order valence-corrected chi connectivity index (χ2v) is 6.47. The number of amidine groups is 1. The van der Waals surface area contributed by atoms with Gasteiger partial charge in [-0.2, -0.15) is 0 Å². The van der Waals surface area contributed by atoms with E-state index in [-0.39, 0.29) is 24.1 Å². The Bertz CT molecular complexity index is 596. The summed E-state index contributed by atoms with van der Waals surface area (Å²) in [6.07, 6.45) is 1.92. The minimum atomic E-state index is -3.38. The molecule has 1 fully saturated rings. The van der Waals surface area contributed by atoms with Crippen LogP contribution in [0.4, 0.5) is 5.69 Å². The van der Waals surface area contributed by atoms with Crippen molar-refractivity contribution in [3.63, 3.8) is 0 Å². The highest BCUT2D eigenvalue weighted by molar-refractivity contribution is 7.92. The monoisotopic (exact) mass is 299 g/mol. The number of hydrogen-bond acceptors (Lipinski definition) is 5. The molecular formula is C12H17N3O4S. The van der Waals surface area contributed by atoms with Gasteiger partial charge in [0.2, 0.25) is 10.0 Å². The van der Waals surface area contributed by atoms with Crippen molar-refractivity contribution in [2.75, 3.05) is 17.1 Å². The van der Waals surface area contributed by atoms with E-state index in [0.29, 0.717) is 11.4 Å². The number of rotatable bonds is 7. The fourth-order valence-electron chi connectivity index (χ4n) is 1.66. The average Bonchev–Trinajstić information content (AvgIpc) is 3.20. The summed E-state index contributed by atoms with van der Waals surface area (Å²) in [7, 11) is -3.38. The van der Waals surface area contributed by atoms with Crippen molar-refractivity contribution in [1.82, 2.24) is 0 Å². The first-order chi connectivity index (χ1) is 9.50. The molecule has 0 aliphatic heterocycles. The molecular weight excluding hydrogens is 282 g/mol. The van der Waals surface area contributed by atoms with Crippen molar-refractivity contribution >= 4 is 21.5 Å². The molecule has 0 saturated heterocycles. The molecule has 0 heterocycles. The molecule has 1 aliphatic rings. The van der Waals surface area contributed by atoms with Gasteiger partial charge in [0.1, 0.15) is 12.4 Å². The summed E-state index contributed by atoms with van der Waals surface area (Å²) in [6.45, 7) is -0.127. The summed E-state index contributed by atoms with van der Waals surface area (Å²) in [5.74, 6) is 0.624. The van der Waals surface area contributed by atoms with E-state index in [4.69, 9.17) is 15.7 Å². The lowest BCUT2D eigenvalue weighted by molar-refractivity contribution is 0.306. The van der Waals surface area contributed by atoms with Crippen molar-refractivity contribution in [2.45, 2.75) is 12.8 Å². The number of ether oxygens (including phenoxy) is 1. The standard InChI is InChI=1S/C12H17N3O4S/c13-12(14-16)7-19-11-4-2-1-3-10(11)15-20(17,18)8-9-5-6-9/h1-4,9,15-16H,5-8H2,(H2,13,14). The zero-order valence-corrected chi connectivity index (χ0v) is 11.6. The van der Waals surface area contributed by atoms with Gasteiger partial charge in [-0.25, -0.2) is 8.42 Å². The predicted molar refractivity (Wildman–Crippen MR) is 75.5 cm³/mol. The first-order valence-corrected chi connectivity index (χ1v) is 7.84. The Kier molecular flexibility index (Phi) is 4.33. The molecule has 0 radical (unpaired) electrons. The van der Waals surface area contributed by atoms with E-state index in [1.165, 1.54) is 0 Å². The molecule has 0 bridgehead atoms. The van der Waals surface area contributed by atoms with Gasteiger partial charge >= 0.3 is 0 Å². The molecule has 2 rings (SSSR count). The molecule has 110 valence electrons. The van der Waals surface area contributed by atoms with Gasteiger partial charge in [-0.3, -0.25) is 4.72 Å². The second kappa shape index (κ2) is 6.00. The van der Waals surface area contributed by atoms with E-state index in [1.807, 2.05) is 0 Å². The van der Waals surface area contributed by atoms with Gasteiger partial charge in [-0.15, -0.1) is 0 Å². The molecule has 0 amide bonds. The van der Waals surface area contributed by atoms with Crippen molar-refractivity contribution < 1.29 is 18.4 Å². The van der Waals surface area contributed by atoms with Crippen LogP contribution in [0, 0.1) is 5.92 Å². The summed E-state index contributed by atoms with van der Waals surface area (Å²) in [4.78, 5) is 0. The van der Waals surface area contributed by atoms with Crippen LogP contribution in [0.25, 0.3) is 0 Å². The number of nitrogens with one attached hydrogen (secondary N) is 1. The Morgan fingerprint density at radius 1 is 1.45 bits per heavy atom. The Labute approximate surface area is 117 Å². The molecule has 7 nitrogen and oxygen atoms in total. The second-order valence-electron chi connectivity index (χ2n) is 4.70. The maximum absolute atomic E-state index is 11.9. The van der Waals surface area contributed by atoms with E-state index in [0.717, 1.165) is 12.8 Å². The summed E-state index contributed by atoms with van der Waals surface area (Å²) in [6, 6.07) is 6.62. The summed E-state index contributed by atoms with van der Waals surface area (Å²) in [5.41, 5.74) is 5.65. The molecule has 20 heavy (non-hydrogen) atoms. The number of hydrogen-bond donors (Lipinski definition) is 3. The van der Waals surface area contributed by atoms with E-state index < -0.39 is 10.0 Å². The molecule has 8 heteroatoms. The molecule has 0 atom stereocenters. The van der Waals surface area contributed by atoms with Gasteiger partial charge in [-0.05, 0) is 30.9 Å². The Hall–Kier alpha value is -1.96. The predicted octanol–water partition coefficient (Wildman–Crippen LogP) is 0.963. The number of sulfonamides is 1. The van der Waals surface area contributed by atoms with Crippen LogP contribution in [0.3, 0.4) is 0 Å². The fourth-order valence-corrected chi connectivity index (χ4v) is 3.20. The molecule has 1 aliphatic carbocycles. The zero-order valence-electron chi connectivity index (χ0n) is 10.8. The zero-order chi connectivity index (χ0) is 14.6. The highest BCUT2D eigenvalue weighted by Crippen LogP contribution is 2.32. The summed E-state index contributed by atoms with van der Waals surface area (Å²) < 4.78 is 31.7. The van der Waals surface area contributed by atoms with Crippen molar-refractivity contribution in [3.05, 3.63) is 24.3 Å². The molecule has 0 aromatic heterocycles. The maximum atomic E-state index is 11.9. The SMILES string of the molecule is NC(COc1ccccc1NS(=O)(=O)CC1CC1)=NO. The van der Waals surface area contributed by atoms with Gasteiger partial charge in [0.25, 0.3) is 0 Å². The third kappa shape index (κ3) is 4.30. The van der Waals surface area contributed by atoms with Crippen LogP contribution in [0.15, 0.2) is 29.4 Å². The van der Waals surface area contributed by atoms with E-state index in [1.54, 1.807) is 24.3 Å². The summed E-state index contributed by atoms with van der Waals surface area (Å²) >= 11 is 0. The van der Waals surface area contributed by atoms with Crippen LogP contribution in [0.5, 0.6) is 5.75 Å². The number of oxime groups is 1. The van der Waals surface area contributed by atoms with Crippen LogP contribution in [-0.4, -0.2) is 31.8 Å². The Morgan fingerprint density at radius 2 is 2.15 bits per heavy atom. The van der Waals surface area contributed by atoms with Crippen LogP contribution < -0.4 is 15.2 Å². The molecule has 0 spiro atoms. The third-order valence-corrected chi connectivity index (χ3v) is 4.25. The topological polar surface area (TPSA) is 114 Å². The average molecular weight is 299 g/mol. The van der Waals surface area contributed by atoms with Gasteiger partial charge in [-0.1, -0.05) is 17.3 Å². The van der Waals surface area contributed by atoms with Crippen molar-refractivity contribution in [3.8, 4) is 5.75 Å². The normalized spacial score (nSPS) is 15.9. The van der Waals surface area contributed by atoms with E-state index in [9.17, 15) is 8.42 Å². The quantitative estimate of drug-likeness (QED) is 0.300. The smallest absolute Gasteiger partial charge is 0.233 e. The number of anilines is 1. The van der Waals surface area contributed by atoms with Crippen LogP contribution in [-0.2, 0) is 10.0 Å². The molecule has 1 saturated carbocycles. The lowest BCUT2D eigenvalue weighted by atomic mass is 10.3. The number of nitrogens with zero attached hydrogens (tertiary/aromatic N) is 1. The van der Waals surface area contributed by atoms with Crippen LogP contribution in [0.2, 0.25) is 0 Å². The summed E-state index contributed by atoms with van der Waals surface area (Å²) in [5, 5.41) is 11.2. The largest absolute Gasteiger partial charge is 0.483 e. The van der Waals surface area contributed by atoms with Gasteiger partial charge in [0.15, 0.2) is 5.84 Å². The van der Waals surface area contributed by atoms with E-state index in [2.05, 4.69) is 9.88 Å². The first kappa shape index (κ1) is 14.4. The Morgan fingerprint density at radius 3 is 2.80 bits per heavy atom. The molecule has 0 unspecified atom stereocenters. The fraction of sp³-hybridized carbons (Fsp3) is 0.417.